The SMILES string of the molecule is CCc1ccc(N2C(=O)/C(=C/c3c(F)cccc3Cl)SC2=S)cc1. The number of carbonyl (C=O) groups excluding carboxylic acids is 1. The van der Waals surface area contributed by atoms with Crippen molar-refractivity contribution >= 4 is 57.6 Å². The molecule has 1 fully saturated rings. The number of carbonyl (C=O) groups is 1. The van der Waals surface area contributed by atoms with Crippen LogP contribution in [-0.4, -0.2) is 10.2 Å². The van der Waals surface area contributed by atoms with E-state index in [2.05, 4.69) is 6.92 Å². The van der Waals surface area contributed by atoms with Gasteiger partial charge in [-0.05, 0) is 42.3 Å². The molecule has 0 aromatic heterocycles. The van der Waals surface area contributed by atoms with E-state index < -0.39 is 5.82 Å². The number of hydrogen-bond donors (Lipinski definition) is 0. The highest BCUT2D eigenvalue weighted by Gasteiger charge is 2.33. The molecule has 0 saturated carbocycles. The minimum Gasteiger partial charge on any atom is -0.268 e. The lowest BCUT2D eigenvalue weighted by molar-refractivity contribution is -0.113. The maximum absolute atomic E-state index is 13.9. The molecule has 0 radical (unpaired) electrons. The van der Waals surface area contributed by atoms with Crippen molar-refractivity contribution < 1.29 is 9.18 Å². The first-order valence-electron chi connectivity index (χ1n) is 7.32. The highest BCUT2D eigenvalue weighted by Crippen LogP contribution is 2.37. The van der Waals surface area contributed by atoms with Crippen molar-refractivity contribution in [3.8, 4) is 0 Å². The van der Waals surface area contributed by atoms with Crippen LogP contribution < -0.4 is 4.90 Å². The van der Waals surface area contributed by atoms with Gasteiger partial charge in [-0.1, -0.05) is 60.7 Å². The fraction of sp³-hybridized carbons (Fsp3) is 0.111. The van der Waals surface area contributed by atoms with E-state index in [1.165, 1.54) is 28.7 Å². The molecule has 24 heavy (non-hydrogen) atoms. The average Bonchev–Trinajstić information content (AvgIpc) is 2.85. The highest BCUT2D eigenvalue weighted by molar-refractivity contribution is 8.27. The summed E-state index contributed by atoms with van der Waals surface area (Å²) in [5.41, 5.74) is 2.08. The molecule has 122 valence electrons. The Kier molecular flexibility index (Phi) is 5.04. The summed E-state index contributed by atoms with van der Waals surface area (Å²) < 4.78 is 14.4. The molecule has 2 aromatic rings. The van der Waals surface area contributed by atoms with Crippen LogP contribution in [0, 0.1) is 5.82 Å². The van der Waals surface area contributed by atoms with Crippen molar-refractivity contribution in [2.24, 2.45) is 0 Å². The number of amides is 1. The zero-order valence-electron chi connectivity index (χ0n) is 12.8. The zero-order chi connectivity index (χ0) is 17.3. The lowest BCUT2D eigenvalue weighted by Crippen LogP contribution is -2.27. The predicted octanol–water partition coefficient (Wildman–Crippen LogP) is 5.45. The molecule has 0 spiro atoms. The molecule has 3 rings (SSSR count). The van der Waals surface area contributed by atoms with Crippen LogP contribution >= 0.6 is 35.6 Å². The Labute approximate surface area is 154 Å². The van der Waals surface area contributed by atoms with Crippen molar-refractivity contribution in [3.63, 3.8) is 0 Å². The molecule has 1 amide bonds. The van der Waals surface area contributed by atoms with Gasteiger partial charge >= 0.3 is 0 Å². The number of benzene rings is 2. The van der Waals surface area contributed by atoms with Gasteiger partial charge in [-0.25, -0.2) is 4.39 Å². The van der Waals surface area contributed by atoms with E-state index in [1.807, 2.05) is 24.3 Å². The van der Waals surface area contributed by atoms with E-state index in [1.54, 1.807) is 6.07 Å². The molecular weight excluding hydrogens is 365 g/mol. The third-order valence-corrected chi connectivity index (χ3v) is 5.30. The fourth-order valence-corrected chi connectivity index (χ4v) is 3.85. The maximum atomic E-state index is 13.9. The Balaban J connectivity index is 1.95. The van der Waals surface area contributed by atoms with E-state index in [0.717, 1.165) is 18.2 Å². The van der Waals surface area contributed by atoms with Gasteiger partial charge in [0.1, 0.15) is 5.82 Å². The lowest BCUT2D eigenvalue weighted by atomic mass is 10.1. The predicted molar refractivity (Wildman–Crippen MR) is 103 cm³/mol. The van der Waals surface area contributed by atoms with Crippen molar-refractivity contribution in [3.05, 3.63) is 69.3 Å². The molecule has 0 atom stereocenters. The lowest BCUT2D eigenvalue weighted by Gasteiger charge is -2.14. The smallest absolute Gasteiger partial charge is 0.268 e. The van der Waals surface area contributed by atoms with Crippen molar-refractivity contribution in [2.45, 2.75) is 13.3 Å². The number of rotatable bonds is 3. The molecule has 0 aliphatic carbocycles. The summed E-state index contributed by atoms with van der Waals surface area (Å²) in [4.78, 5) is 14.5. The molecule has 2 nitrogen and oxygen atoms in total. The molecule has 2 aromatic carbocycles. The molecule has 0 unspecified atom stereocenters. The van der Waals surface area contributed by atoms with Gasteiger partial charge < -0.3 is 0 Å². The topological polar surface area (TPSA) is 20.3 Å². The van der Waals surface area contributed by atoms with Crippen molar-refractivity contribution in [1.29, 1.82) is 0 Å². The Morgan fingerprint density at radius 3 is 2.58 bits per heavy atom. The summed E-state index contributed by atoms with van der Waals surface area (Å²) in [7, 11) is 0. The standard InChI is InChI=1S/C18H13ClFNOS2/c1-2-11-6-8-12(9-7-11)21-17(22)16(24-18(21)23)10-13-14(19)4-3-5-15(13)20/h3-10H,2H2,1H3/b16-10-. The third kappa shape index (κ3) is 3.24. The van der Waals surface area contributed by atoms with Crippen molar-refractivity contribution in [2.75, 3.05) is 4.90 Å². The summed E-state index contributed by atoms with van der Waals surface area (Å²) >= 11 is 12.5. The third-order valence-electron chi connectivity index (χ3n) is 3.67. The molecular formula is C18H13ClFNOS2. The minimum atomic E-state index is -0.472. The molecule has 1 aliphatic heterocycles. The van der Waals surface area contributed by atoms with Gasteiger partial charge in [0, 0.05) is 5.56 Å². The molecule has 1 aliphatic rings. The van der Waals surface area contributed by atoms with Crippen LogP contribution in [0.5, 0.6) is 0 Å². The average molecular weight is 378 g/mol. The first-order chi connectivity index (χ1) is 11.5. The second kappa shape index (κ2) is 7.05. The van der Waals surface area contributed by atoms with Crippen LogP contribution in [0.15, 0.2) is 47.4 Å². The second-order valence-electron chi connectivity index (χ2n) is 5.17. The van der Waals surface area contributed by atoms with Crippen LogP contribution in [0.25, 0.3) is 6.08 Å². The number of thioether (sulfide) groups is 1. The van der Waals surface area contributed by atoms with Gasteiger partial charge in [-0.3, -0.25) is 9.69 Å². The van der Waals surface area contributed by atoms with Gasteiger partial charge in [-0.2, -0.15) is 0 Å². The van der Waals surface area contributed by atoms with E-state index in [-0.39, 0.29) is 16.5 Å². The second-order valence-corrected chi connectivity index (χ2v) is 7.26. The summed E-state index contributed by atoms with van der Waals surface area (Å²) in [5, 5.41) is 0.257. The van der Waals surface area contributed by atoms with Crippen LogP contribution in [0.4, 0.5) is 10.1 Å². The molecule has 1 heterocycles. The van der Waals surface area contributed by atoms with E-state index in [9.17, 15) is 9.18 Å². The normalized spacial score (nSPS) is 16.3. The quantitative estimate of drug-likeness (QED) is 0.524. The first kappa shape index (κ1) is 17.1. The van der Waals surface area contributed by atoms with Crippen LogP contribution in [-0.2, 0) is 11.2 Å². The Morgan fingerprint density at radius 2 is 1.96 bits per heavy atom. The summed E-state index contributed by atoms with van der Waals surface area (Å²) in [6.45, 7) is 2.06. The Morgan fingerprint density at radius 1 is 1.25 bits per heavy atom. The molecule has 1 saturated heterocycles. The summed E-state index contributed by atoms with van der Waals surface area (Å²) in [6.07, 6.45) is 2.38. The highest BCUT2D eigenvalue weighted by atomic mass is 35.5. The van der Waals surface area contributed by atoms with Crippen LogP contribution in [0.2, 0.25) is 5.02 Å². The minimum absolute atomic E-state index is 0.195. The number of halogens is 2. The summed E-state index contributed by atoms with van der Waals surface area (Å²) in [6, 6.07) is 12.1. The summed E-state index contributed by atoms with van der Waals surface area (Å²) in [5.74, 6) is -0.742. The van der Waals surface area contributed by atoms with Crippen LogP contribution in [0.1, 0.15) is 18.1 Å². The molecule has 0 N–H and O–H groups in total. The molecule has 0 bridgehead atoms. The van der Waals surface area contributed by atoms with Crippen molar-refractivity contribution in [1.82, 2.24) is 0 Å². The van der Waals surface area contributed by atoms with E-state index in [4.69, 9.17) is 23.8 Å². The number of aryl methyl sites for hydroxylation is 1. The van der Waals surface area contributed by atoms with Crippen LogP contribution in [0.3, 0.4) is 0 Å². The number of nitrogens with zero attached hydrogens (tertiary/aromatic N) is 1. The van der Waals surface area contributed by atoms with Gasteiger partial charge in [0.15, 0.2) is 4.32 Å². The maximum Gasteiger partial charge on any atom is 0.270 e. The number of thiocarbonyl (C=S) groups is 1. The van der Waals surface area contributed by atoms with Gasteiger partial charge in [0.05, 0.1) is 15.6 Å². The fourth-order valence-electron chi connectivity index (χ4n) is 2.35. The monoisotopic (exact) mass is 377 g/mol. The van der Waals surface area contributed by atoms with Gasteiger partial charge in [0.25, 0.3) is 5.91 Å². The number of hydrogen-bond acceptors (Lipinski definition) is 3. The Bertz CT molecular complexity index is 828. The Hall–Kier alpha value is -1.69. The molecule has 6 heteroatoms. The zero-order valence-corrected chi connectivity index (χ0v) is 15.1. The first-order valence-corrected chi connectivity index (χ1v) is 8.92. The van der Waals surface area contributed by atoms with Gasteiger partial charge in [-0.15, -0.1) is 0 Å². The van der Waals surface area contributed by atoms with E-state index >= 15 is 0 Å². The largest absolute Gasteiger partial charge is 0.270 e. The van der Waals surface area contributed by atoms with Gasteiger partial charge in [0.2, 0.25) is 0 Å². The number of anilines is 1. The van der Waals surface area contributed by atoms with E-state index in [0.29, 0.717) is 14.9 Å².